The lowest BCUT2D eigenvalue weighted by Crippen LogP contribution is -2.48. The normalized spacial score (nSPS) is 17.4. The van der Waals surface area contributed by atoms with Gasteiger partial charge < -0.3 is 36.2 Å². The zero-order valence-electron chi connectivity index (χ0n) is 30.5. The van der Waals surface area contributed by atoms with E-state index in [-0.39, 0.29) is 31.3 Å². The first kappa shape index (κ1) is 41.1. The summed E-state index contributed by atoms with van der Waals surface area (Å²) in [7, 11) is 1.57. The number of hydrazone groups is 1. The molecule has 0 saturated heterocycles. The average Bonchev–Trinajstić information content (AvgIpc) is 3.67. The molecule has 0 spiro atoms. The van der Waals surface area contributed by atoms with Gasteiger partial charge in [-0.1, -0.05) is 70.4 Å². The van der Waals surface area contributed by atoms with Gasteiger partial charge in [-0.25, -0.2) is 9.80 Å². The van der Waals surface area contributed by atoms with Crippen LogP contribution in [-0.2, 0) is 9.59 Å². The van der Waals surface area contributed by atoms with Crippen molar-refractivity contribution < 1.29 is 39.9 Å². The largest absolute Gasteiger partial charge is 0.394 e. The number of aliphatic hydroxyl groups excluding tert-OH is 5. The van der Waals surface area contributed by atoms with E-state index in [0.717, 1.165) is 37.0 Å². The Balaban J connectivity index is 0.000000413. The van der Waals surface area contributed by atoms with E-state index in [2.05, 4.69) is 31.3 Å². The lowest BCUT2D eigenvalue weighted by Gasteiger charge is -2.28. The molecule has 3 amide bonds. The van der Waals surface area contributed by atoms with E-state index in [1.165, 1.54) is 16.3 Å². The van der Waals surface area contributed by atoms with Gasteiger partial charge in [0, 0.05) is 34.7 Å². The Hall–Kier alpha value is -4.65. The van der Waals surface area contributed by atoms with Crippen LogP contribution in [0.3, 0.4) is 0 Å². The molecule has 2 heterocycles. The molecule has 0 radical (unpaired) electrons. The van der Waals surface area contributed by atoms with Crippen LogP contribution in [0, 0.1) is 11.3 Å². The van der Waals surface area contributed by atoms with Crippen LogP contribution >= 0.6 is 0 Å². The number of benzene rings is 2. The third-order valence-electron chi connectivity index (χ3n) is 9.06. The first-order valence-corrected chi connectivity index (χ1v) is 17.7. The third-order valence-corrected chi connectivity index (χ3v) is 9.06. The molecule has 2 aromatic carbocycles. The standard InChI is InChI=1S/C29H34N8O3.C7H17NO5/c1-29(2,3)24(38)17-36-23-15-8-7-14-22(23)26(19-10-5-4-6-11-19)33-37(28(36)40)18-25(39)30-21-13-9-12-20(16-21)27-31-34-35-32-27;1-8-2-4(10)6(12)7(13)5(11)3-9/h7-9,12-16,19H,4-6,10-11,17-18H2,1-3H3,(H,30,39)(H,31,32,34,35);4-13H,2-3H2,1H3/t;4-,5+,6+,7+/m.0/s1. The van der Waals surface area contributed by atoms with Gasteiger partial charge in [0.05, 0.1) is 30.7 Å². The molecule has 8 N–H and O–H groups in total. The van der Waals surface area contributed by atoms with E-state index >= 15 is 0 Å². The Morgan fingerprint density at radius 2 is 1.66 bits per heavy atom. The van der Waals surface area contributed by atoms with Gasteiger partial charge >= 0.3 is 6.03 Å². The number of ketones is 1. The fourth-order valence-corrected chi connectivity index (χ4v) is 5.96. The minimum absolute atomic E-state index is 0.0838. The quantitative estimate of drug-likeness (QED) is 0.124. The molecule has 1 aliphatic carbocycles. The van der Waals surface area contributed by atoms with Crippen LogP contribution in [0.1, 0.15) is 58.4 Å². The number of carbonyl (C=O) groups excluding carboxylic acids is 3. The number of aliphatic hydroxyl groups is 5. The van der Waals surface area contributed by atoms with Gasteiger partial charge in [-0.15, -0.1) is 10.2 Å². The van der Waals surface area contributed by atoms with Gasteiger partial charge in [0.25, 0.3) is 0 Å². The van der Waals surface area contributed by atoms with Crippen molar-refractivity contribution in [1.82, 2.24) is 30.9 Å². The summed E-state index contributed by atoms with van der Waals surface area (Å²) in [5.41, 5.74) is 2.83. The molecule has 4 atom stereocenters. The Morgan fingerprint density at radius 1 is 0.962 bits per heavy atom. The van der Waals surface area contributed by atoms with Crippen molar-refractivity contribution in [2.45, 2.75) is 77.3 Å². The van der Waals surface area contributed by atoms with Crippen LogP contribution in [0.25, 0.3) is 11.4 Å². The highest BCUT2D eigenvalue weighted by Gasteiger charge is 2.36. The van der Waals surface area contributed by atoms with Gasteiger partial charge in [0.15, 0.2) is 5.78 Å². The lowest BCUT2D eigenvalue weighted by molar-refractivity contribution is -0.124. The highest BCUT2D eigenvalue weighted by atomic mass is 16.4. The fraction of sp³-hybridized carbons (Fsp3) is 0.528. The fourth-order valence-electron chi connectivity index (χ4n) is 5.96. The predicted molar refractivity (Wildman–Crippen MR) is 197 cm³/mol. The maximum Gasteiger partial charge on any atom is 0.345 e. The number of Topliss-reactive ketones (excluding diaryl/α,β-unsaturated/α-hetero) is 1. The van der Waals surface area contributed by atoms with Gasteiger partial charge in [0.2, 0.25) is 11.7 Å². The molecule has 3 aromatic rings. The highest BCUT2D eigenvalue weighted by Crippen LogP contribution is 2.34. The van der Waals surface area contributed by atoms with Crippen LogP contribution in [0.15, 0.2) is 53.6 Å². The molecule has 17 nitrogen and oxygen atoms in total. The number of amides is 3. The number of hydrogen-bond acceptors (Lipinski definition) is 13. The van der Waals surface area contributed by atoms with Crippen LogP contribution in [0.2, 0.25) is 0 Å². The average molecular weight is 738 g/mol. The Bertz CT molecular complexity index is 1690. The van der Waals surface area contributed by atoms with Gasteiger partial charge in [0.1, 0.15) is 24.9 Å². The number of carbonyl (C=O) groups is 3. The maximum absolute atomic E-state index is 14.0. The summed E-state index contributed by atoms with van der Waals surface area (Å²) in [6.07, 6.45) is -0.375. The van der Waals surface area contributed by atoms with Crippen LogP contribution in [-0.4, -0.2) is 132 Å². The van der Waals surface area contributed by atoms with Crippen molar-refractivity contribution in [3.05, 3.63) is 54.1 Å². The van der Waals surface area contributed by atoms with Crippen molar-refractivity contribution in [3.63, 3.8) is 0 Å². The molecule has 288 valence electrons. The predicted octanol–water partition coefficient (Wildman–Crippen LogP) is 1.29. The number of aromatic nitrogens is 4. The maximum atomic E-state index is 14.0. The minimum atomic E-state index is -1.55. The number of tetrazole rings is 1. The van der Waals surface area contributed by atoms with E-state index in [1.807, 2.05) is 45.0 Å². The number of urea groups is 1. The number of nitrogens with one attached hydrogen (secondary N) is 3. The number of hydrogen-bond donors (Lipinski definition) is 8. The molecule has 0 bridgehead atoms. The summed E-state index contributed by atoms with van der Waals surface area (Å²) >= 11 is 0. The molecule has 1 aliphatic heterocycles. The molecule has 2 aliphatic rings. The zero-order chi connectivity index (χ0) is 38.7. The number of aromatic amines is 1. The summed E-state index contributed by atoms with van der Waals surface area (Å²) in [5.74, 6) is 0.0634. The Morgan fingerprint density at radius 3 is 2.30 bits per heavy atom. The number of fused-ring (bicyclic) bond motifs is 1. The second-order valence-electron chi connectivity index (χ2n) is 14.2. The summed E-state index contributed by atoms with van der Waals surface area (Å²) in [5, 5.41) is 70.3. The van der Waals surface area contributed by atoms with Gasteiger partial charge in [-0.2, -0.15) is 10.3 Å². The highest BCUT2D eigenvalue weighted by molar-refractivity contribution is 6.13. The Kier molecular flexibility index (Phi) is 14.7. The van der Waals surface area contributed by atoms with Crippen molar-refractivity contribution in [3.8, 4) is 11.4 Å². The number of anilines is 2. The summed E-state index contributed by atoms with van der Waals surface area (Å²) in [4.78, 5) is 41.9. The molecule has 1 fully saturated rings. The third kappa shape index (κ3) is 10.9. The van der Waals surface area contributed by atoms with Crippen molar-refractivity contribution in [2.24, 2.45) is 16.4 Å². The first-order chi connectivity index (χ1) is 25.2. The number of rotatable bonds is 13. The van der Waals surface area contributed by atoms with Crippen molar-refractivity contribution in [1.29, 1.82) is 0 Å². The summed E-state index contributed by atoms with van der Waals surface area (Å²) in [6, 6.07) is 14.1. The molecule has 1 aromatic heterocycles. The smallest absolute Gasteiger partial charge is 0.345 e. The molecule has 17 heteroatoms. The molecular formula is C36H51N9O8. The molecule has 5 rings (SSSR count). The second kappa shape index (κ2) is 18.9. The first-order valence-electron chi connectivity index (χ1n) is 17.7. The SMILES string of the molecule is CC(C)(C)C(=O)CN1C(=O)N(CC(=O)Nc2cccc(-c3nn[nH]n3)c2)N=C(C2CCCCC2)c2ccccc21.CNC[C@H](O)[C@@H](O)[C@H](O)[C@H](O)CO. The van der Waals surface area contributed by atoms with Crippen LogP contribution in [0.4, 0.5) is 16.2 Å². The van der Waals surface area contributed by atoms with E-state index in [9.17, 15) is 19.5 Å². The van der Waals surface area contributed by atoms with Crippen LogP contribution in [0.5, 0.6) is 0 Å². The van der Waals surface area contributed by atoms with Gasteiger partial charge in [-0.05, 0) is 43.3 Å². The summed E-state index contributed by atoms with van der Waals surface area (Å²) in [6.45, 7) is 4.51. The molecule has 53 heavy (non-hydrogen) atoms. The Labute approximate surface area is 308 Å². The van der Waals surface area contributed by atoms with E-state index in [1.54, 1.807) is 31.3 Å². The molecule has 0 unspecified atom stereocenters. The lowest BCUT2D eigenvalue weighted by atomic mass is 9.83. The number of H-pyrrole nitrogens is 1. The zero-order valence-corrected chi connectivity index (χ0v) is 30.5. The number of likely N-dealkylation sites (N-methyl/N-ethyl adjacent to an activating group) is 1. The topological polar surface area (TPSA) is 250 Å². The van der Waals surface area contributed by atoms with E-state index < -0.39 is 48.4 Å². The monoisotopic (exact) mass is 737 g/mol. The molecular weight excluding hydrogens is 686 g/mol. The van der Waals surface area contributed by atoms with Crippen molar-refractivity contribution in [2.75, 3.05) is 43.5 Å². The van der Waals surface area contributed by atoms with E-state index in [0.29, 0.717) is 22.8 Å². The van der Waals surface area contributed by atoms with Gasteiger partial charge in [-0.3, -0.25) is 14.5 Å². The summed E-state index contributed by atoms with van der Waals surface area (Å²) < 4.78 is 0. The minimum Gasteiger partial charge on any atom is -0.394 e. The van der Waals surface area contributed by atoms with E-state index in [4.69, 9.17) is 25.5 Å². The second-order valence-corrected chi connectivity index (χ2v) is 14.2. The molecule has 1 saturated carbocycles. The van der Waals surface area contributed by atoms with Crippen LogP contribution < -0.4 is 15.5 Å². The number of para-hydroxylation sites is 1. The number of nitrogens with zero attached hydrogens (tertiary/aromatic N) is 6. The van der Waals surface area contributed by atoms with Crippen molar-refractivity contribution >= 4 is 34.8 Å².